The Morgan fingerprint density at radius 2 is 2.16 bits per heavy atom. The van der Waals surface area contributed by atoms with E-state index in [0.29, 0.717) is 18.2 Å². The maximum Gasteiger partial charge on any atom is 0.137 e. The van der Waals surface area contributed by atoms with Crippen LogP contribution in [0.4, 0.5) is 0 Å². The van der Waals surface area contributed by atoms with E-state index in [1.165, 1.54) is 6.33 Å². The molecule has 136 valence electrons. The average molecular weight is 364 g/mol. The lowest BCUT2D eigenvalue weighted by Gasteiger charge is -2.36. The van der Waals surface area contributed by atoms with E-state index in [-0.39, 0.29) is 17.6 Å². The second kappa shape index (κ2) is 9.02. The van der Waals surface area contributed by atoms with Crippen LogP contribution in [0.15, 0.2) is 49.6 Å². The van der Waals surface area contributed by atoms with Gasteiger partial charge in [0.05, 0.1) is 25.4 Å². The quantitative estimate of drug-likeness (QED) is 0.613. The summed E-state index contributed by atoms with van der Waals surface area (Å²) in [7, 11) is 0. The second-order valence-corrected chi connectivity index (χ2v) is 7.38. The predicted octanol–water partition coefficient (Wildman–Crippen LogP) is 4.56. The molecule has 2 unspecified atom stereocenters. The molecular formula is C19H26ClN3O2. The number of rotatable bonds is 9. The van der Waals surface area contributed by atoms with Crippen LogP contribution in [0.5, 0.6) is 5.75 Å². The van der Waals surface area contributed by atoms with Crippen LogP contribution in [-0.4, -0.2) is 34.1 Å². The summed E-state index contributed by atoms with van der Waals surface area (Å²) >= 11 is 6.00. The van der Waals surface area contributed by atoms with Crippen LogP contribution < -0.4 is 4.74 Å². The van der Waals surface area contributed by atoms with Crippen LogP contribution >= 0.6 is 11.6 Å². The third-order valence-electron chi connectivity index (χ3n) is 3.85. The van der Waals surface area contributed by atoms with Crippen LogP contribution in [0, 0.1) is 5.41 Å². The Morgan fingerprint density at radius 3 is 2.76 bits per heavy atom. The fraction of sp³-hybridized carbons (Fsp3) is 0.474. The summed E-state index contributed by atoms with van der Waals surface area (Å²) in [4.78, 5) is 4.08. The number of halogens is 1. The molecule has 2 atom stereocenters. The Bertz CT molecular complexity index is 653. The summed E-state index contributed by atoms with van der Waals surface area (Å²) < 4.78 is 13.8. The zero-order valence-electron chi connectivity index (χ0n) is 15.1. The monoisotopic (exact) mass is 363 g/mol. The average Bonchev–Trinajstić information content (AvgIpc) is 3.06. The van der Waals surface area contributed by atoms with Gasteiger partial charge in [-0.2, -0.15) is 5.10 Å². The lowest BCUT2D eigenvalue weighted by atomic mass is 9.83. The summed E-state index contributed by atoms with van der Waals surface area (Å²) in [5, 5.41) is 4.98. The normalized spacial score (nSPS) is 14.1. The fourth-order valence-corrected chi connectivity index (χ4v) is 2.96. The highest BCUT2D eigenvalue weighted by molar-refractivity contribution is 6.30. The number of ether oxygens (including phenoxy) is 2. The summed E-state index contributed by atoms with van der Waals surface area (Å²) in [6.07, 6.45) is 5.70. The smallest absolute Gasteiger partial charge is 0.137 e. The molecule has 2 aromatic rings. The topological polar surface area (TPSA) is 49.2 Å². The molecule has 0 saturated carbocycles. The van der Waals surface area contributed by atoms with Gasteiger partial charge in [0, 0.05) is 11.4 Å². The SMILES string of the molecule is C=CCOC(C(CCOc1cccc(Cl)c1)n1cncn1)C(C)(C)C. The van der Waals surface area contributed by atoms with Crippen molar-refractivity contribution in [3.63, 3.8) is 0 Å². The molecule has 0 saturated heterocycles. The number of hydrogen-bond donors (Lipinski definition) is 0. The van der Waals surface area contributed by atoms with E-state index >= 15 is 0 Å². The Hall–Kier alpha value is -1.85. The minimum atomic E-state index is -0.0737. The van der Waals surface area contributed by atoms with E-state index in [1.54, 1.807) is 12.4 Å². The summed E-state index contributed by atoms with van der Waals surface area (Å²) in [6, 6.07) is 7.40. The van der Waals surface area contributed by atoms with E-state index in [2.05, 4.69) is 37.4 Å². The Balaban J connectivity index is 2.10. The first-order chi connectivity index (χ1) is 11.9. The molecule has 0 aliphatic rings. The molecule has 2 rings (SSSR count). The van der Waals surface area contributed by atoms with Gasteiger partial charge in [-0.15, -0.1) is 6.58 Å². The summed E-state index contributed by atoms with van der Waals surface area (Å²) in [5.41, 5.74) is -0.0737. The molecule has 6 heteroatoms. The van der Waals surface area contributed by atoms with Crippen molar-refractivity contribution in [2.45, 2.75) is 39.3 Å². The highest BCUT2D eigenvalue weighted by Crippen LogP contribution is 2.33. The van der Waals surface area contributed by atoms with Crippen molar-refractivity contribution >= 4 is 11.6 Å². The molecule has 0 amide bonds. The first-order valence-electron chi connectivity index (χ1n) is 8.37. The zero-order valence-corrected chi connectivity index (χ0v) is 15.8. The van der Waals surface area contributed by atoms with Gasteiger partial charge < -0.3 is 9.47 Å². The van der Waals surface area contributed by atoms with E-state index in [0.717, 1.165) is 12.2 Å². The van der Waals surface area contributed by atoms with Crippen LogP contribution in [0.1, 0.15) is 33.2 Å². The van der Waals surface area contributed by atoms with Gasteiger partial charge in [-0.25, -0.2) is 9.67 Å². The molecule has 5 nitrogen and oxygen atoms in total. The second-order valence-electron chi connectivity index (χ2n) is 6.95. The highest BCUT2D eigenvalue weighted by Gasteiger charge is 2.34. The number of benzene rings is 1. The van der Waals surface area contributed by atoms with E-state index < -0.39 is 0 Å². The van der Waals surface area contributed by atoms with Gasteiger partial charge in [0.2, 0.25) is 0 Å². The number of hydrogen-bond acceptors (Lipinski definition) is 4. The van der Waals surface area contributed by atoms with Gasteiger partial charge >= 0.3 is 0 Å². The van der Waals surface area contributed by atoms with E-state index in [9.17, 15) is 0 Å². The summed E-state index contributed by atoms with van der Waals surface area (Å²) in [5.74, 6) is 0.754. The van der Waals surface area contributed by atoms with Crippen molar-refractivity contribution in [1.82, 2.24) is 14.8 Å². The first-order valence-corrected chi connectivity index (χ1v) is 8.74. The van der Waals surface area contributed by atoms with Crippen LogP contribution in [0.2, 0.25) is 5.02 Å². The van der Waals surface area contributed by atoms with E-state index in [1.807, 2.05) is 28.9 Å². The molecule has 0 radical (unpaired) electrons. The van der Waals surface area contributed by atoms with Crippen molar-refractivity contribution < 1.29 is 9.47 Å². The molecule has 0 fully saturated rings. The molecule has 1 heterocycles. The van der Waals surface area contributed by atoms with Crippen molar-refractivity contribution in [1.29, 1.82) is 0 Å². The lowest BCUT2D eigenvalue weighted by Crippen LogP contribution is -2.39. The van der Waals surface area contributed by atoms with Gasteiger partial charge in [-0.1, -0.05) is 44.5 Å². The Kier molecular flexibility index (Phi) is 7.02. The third-order valence-corrected chi connectivity index (χ3v) is 4.09. The van der Waals surface area contributed by atoms with Crippen LogP contribution in [0.25, 0.3) is 0 Å². The number of aromatic nitrogens is 3. The van der Waals surface area contributed by atoms with Crippen molar-refractivity contribution in [2.24, 2.45) is 5.41 Å². The van der Waals surface area contributed by atoms with E-state index in [4.69, 9.17) is 21.1 Å². The zero-order chi connectivity index (χ0) is 18.3. The minimum Gasteiger partial charge on any atom is -0.493 e. The standard InChI is InChI=1S/C19H26ClN3O2/c1-5-10-25-18(19(2,3)4)17(23-14-21-13-22-23)9-11-24-16-8-6-7-15(20)12-16/h5-8,12-14,17-18H,1,9-11H2,2-4H3. The Labute approximate surface area is 154 Å². The molecule has 0 bridgehead atoms. The van der Waals surface area contributed by atoms with Crippen molar-refractivity contribution in [3.8, 4) is 5.75 Å². The third kappa shape index (κ3) is 5.87. The molecular weight excluding hydrogens is 338 g/mol. The van der Waals surface area contributed by atoms with Crippen LogP contribution in [0.3, 0.4) is 0 Å². The number of nitrogens with zero attached hydrogens (tertiary/aromatic N) is 3. The van der Waals surface area contributed by atoms with Gasteiger partial charge in [-0.05, 0) is 23.6 Å². The Morgan fingerprint density at radius 1 is 1.36 bits per heavy atom. The van der Waals surface area contributed by atoms with Gasteiger partial charge in [0.1, 0.15) is 18.4 Å². The highest BCUT2D eigenvalue weighted by atomic mass is 35.5. The fourth-order valence-electron chi connectivity index (χ4n) is 2.78. The maximum atomic E-state index is 6.08. The largest absolute Gasteiger partial charge is 0.493 e. The van der Waals surface area contributed by atoms with Crippen molar-refractivity contribution in [2.75, 3.05) is 13.2 Å². The maximum absolute atomic E-state index is 6.08. The molecule has 1 aromatic carbocycles. The molecule has 0 aliphatic carbocycles. The minimum absolute atomic E-state index is 0.00151. The van der Waals surface area contributed by atoms with Crippen molar-refractivity contribution in [3.05, 3.63) is 54.6 Å². The predicted molar refractivity (Wildman–Crippen MR) is 100 cm³/mol. The molecule has 0 aliphatic heterocycles. The molecule has 1 aromatic heterocycles. The molecule has 0 spiro atoms. The lowest BCUT2D eigenvalue weighted by molar-refractivity contribution is -0.0463. The molecule has 25 heavy (non-hydrogen) atoms. The summed E-state index contributed by atoms with van der Waals surface area (Å²) in [6.45, 7) is 11.2. The first kappa shape index (κ1) is 19.5. The van der Waals surface area contributed by atoms with Gasteiger partial charge in [-0.3, -0.25) is 0 Å². The van der Waals surface area contributed by atoms with Crippen LogP contribution in [-0.2, 0) is 4.74 Å². The van der Waals surface area contributed by atoms with Gasteiger partial charge in [0.25, 0.3) is 0 Å². The van der Waals surface area contributed by atoms with Gasteiger partial charge in [0.15, 0.2) is 0 Å². The molecule has 0 N–H and O–H groups in total.